The van der Waals surface area contributed by atoms with Crippen LogP contribution >= 0.6 is 0 Å². The highest BCUT2D eigenvalue weighted by Gasteiger charge is 2.19. The number of rotatable bonds is 51. The Hall–Kier alpha value is -5.75. The van der Waals surface area contributed by atoms with Crippen LogP contribution < -0.4 is 0 Å². The van der Waals surface area contributed by atoms with Gasteiger partial charge in [0.15, 0.2) is 6.10 Å². The fraction of sp³-hybridized carbons (Fsp3) is 0.507. The summed E-state index contributed by atoms with van der Waals surface area (Å²) in [6.45, 7) is 6.16. The molecule has 0 saturated carbocycles. The zero-order valence-electron chi connectivity index (χ0n) is 48.6. The van der Waals surface area contributed by atoms with Crippen molar-refractivity contribution in [2.24, 2.45) is 0 Å². The van der Waals surface area contributed by atoms with Crippen LogP contribution in [-0.2, 0) is 28.6 Å². The van der Waals surface area contributed by atoms with Crippen molar-refractivity contribution in [3.05, 3.63) is 194 Å². The first kappa shape index (κ1) is 71.2. The molecule has 0 N–H and O–H groups in total. The Morgan fingerprint density at radius 1 is 0.260 bits per heavy atom. The molecule has 0 aromatic rings. The molecule has 0 fully saturated rings. The third-order valence-electron chi connectivity index (χ3n) is 11.6. The average molecular weight is 1060 g/mol. The Balaban J connectivity index is 4.54. The van der Waals surface area contributed by atoms with Crippen molar-refractivity contribution < 1.29 is 28.6 Å². The van der Waals surface area contributed by atoms with E-state index in [2.05, 4.69) is 203 Å². The van der Waals surface area contributed by atoms with Crippen LogP contribution in [0, 0.1) is 0 Å². The van der Waals surface area contributed by atoms with Gasteiger partial charge in [-0.05, 0) is 148 Å². The maximum atomic E-state index is 12.8. The SMILES string of the molecule is CC/C=C\C/C=C\C/C=C\C/C=C\C/C=C\C/C=C\C/C=C\CCCCCCCC(=O)OCC(COC(=O)CCCCC/C=C\C/C=C\C/C=C\CC)OC(=O)CC/C=C\C/C=C\C/C=C\C/C=C\C/C=C\C/C=C\CC. The van der Waals surface area contributed by atoms with Crippen molar-refractivity contribution in [3.63, 3.8) is 0 Å². The minimum Gasteiger partial charge on any atom is -0.462 e. The second-order valence-electron chi connectivity index (χ2n) is 18.8. The largest absolute Gasteiger partial charge is 0.462 e. The maximum absolute atomic E-state index is 12.8. The summed E-state index contributed by atoms with van der Waals surface area (Å²) in [5, 5.41) is 0. The van der Waals surface area contributed by atoms with Gasteiger partial charge >= 0.3 is 17.9 Å². The van der Waals surface area contributed by atoms with Crippen molar-refractivity contribution in [2.75, 3.05) is 13.2 Å². The molecule has 0 rings (SSSR count). The second-order valence-corrected chi connectivity index (χ2v) is 18.8. The molecule has 0 saturated heterocycles. The van der Waals surface area contributed by atoms with Gasteiger partial charge in [0.2, 0.25) is 0 Å². The van der Waals surface area contributed by atoms with Gasteiger partial charge in [-0.3, -0.25) is 14.4 Å². The third-order valence-corrected chi connectivity index (χ3v) is 11.6. The zero-order valence-corrected chi connectivity index (χ0v) is 48.6. The minimum atomic E-state index is -0.852. The molecule has 0 aromatic carbocycles. The maximum Gasteiger partial charge on any atom is 0.306 e. The van der Waals surface area contributed by atoms with Gasteiger partial charge in [-0.1, -0.05) is 241 Å². The summed E-state index contributed by atoms with van der Waals surface area (Å²) >= 11 is 0. The van der Waals surface area contributed by atoms with E-state index >= 15 is 0 Å². The number of esters is 3. The average Bonchev–Trinajstić information content (AvgIpc) is 3.43. The molecule has 1 atom stereocenters. The van der Waals surface area contributed by atoms with Crippen LogP contribution in [0.1, 0.15) is 213 Å². The summed E-state index contributed by atoms with van der Waals surface area (Å²) in [6.07, 6.45) is 95.8. The third kappa shape index (κ3) is 61.0. The number of ether oxygens (including phenoxy) is 3. The molecule has 0 heterocycles. The van der Waals surface area contributed by atoms with Gasteiger partial charge in [-0.25, -0.2) is 0 Å². The first-order valence-electron chi connectivity index (χ1n) is 29.9. The van der Waals surface area contributed by atoms with Gasteiger partial charge < -0.3 is 14.2 Å². The van der Waals surface area contributed by atoms with E-state index in [1.807, 2.05) is 12.2 Å². The standard InChI is InChI=1S/C71H106O6/c1-4-7-10-13-16-19-22-25-27-29-31-32-33-34-35-36-37-38-40-41-43-46-49-52-55-58-61-64-70(73)76-67-68(66-75-69(72)63-60-57-54-51-48-45-24-21-18-15-12-9-6-3)77-71(74)65-62-59-56-53-50-47-44-42-39-30-28-26-23-20-17-14-11-8-5-2/h7-12,16-21,25-28,31-32,34-35,37-39,41-43,45,47-48,50,56,59,68H,4-6,13-15,22-24,29-30,33,36,40,44,46,49,51-55,57-58,60-67H2,1-3H3/b10-7-,11-8-,12-9-,19-16-,20-17-,21-18-,27-25-,28-26-,32-31-,35-34-,38-37-,42-39-,43-41-,48-45-,50-47-,59-56-. The van der Waals surface area contributed by atoms with Gasteiger partial charge in [0.1, 0.15) is 13.2 Å². The highest BCUT2D eigenvalue weighted by molar-refractivity contribution is 5.71. The summed E-state index contributed by atoms with van der Waals surface area (Å²) in [6, 6.07) is 0. The van der Waals surface area contributed by atoms with Gasteiger partial charge in [-0.2, -0.15) is 0 Å². The first-order valence-corrected chi connectivity index (χ1v) is 29.9. The van der Waals surface area contributed by atoms with Crippen LogP contribution in [0.5, 0.6) is 0 Å². The fourth-order valence-corrected chi connectivity index (χ4v) is 7.23. The number of unbranched alkanes of at least 4 members (excludes halogenated alkanes) is 8. The quantitative estimate of drug-likeness (QED) is 0.0261. The number of carbonyl (C=O) groups is 3. The number of carbonyl (C=O) groups excluding carboxylic acids is 3. The molecule has 0 bridgehead atoms. The van der Waals surface area contributed by atoms with E-state index in [1.54, 1.807) is 0 Å². The van der Waals surface area contributed by atoms with E-state index in [0.29, 0.717) is 19.3 Å². The highest BCUT2D eigenvalue weighted by Crippen LogP contribution is 2.11. The van der Waals surface area contributed by atoms with E-state index < -0.39 is 12.1 Å². The lowest BCUT2D eigenvalue weighted by molar-refractivity contribution is -0.166. The highest BCUT2D eigenvalue weighted by atomic mass is 16.6. The van der Waals surface area contributed by atoms with Crippen molar-refractivity contribution in [3.8, 4) is 0 Å². The van der Waals surface area contributed by atoms with Crippen molar-refractivity contribution >= 4 is 17.9 Å². The molecule has 6 heteroatoms. The Morgan fingerprint density at radius 3 is 0.792 bits per heavy atom. The molecule has 77 heavy (non-hydrogen) atoms. The molecule has 1 unspecified atom stereocenters. The minimum absolute atomic E-state index is 0.139. The van der Waals surface area contributed by atoms with Crippen molar-refractivity contribution in [2.45, 2.75) is 219 Å². The predicted molar refractivity (Wildman–Crippen MR) is 334 cm³/mol. The summed E-state index contributed by atoms with van der Waals surface area (Å²) in [5.41, 5.74) is 0. The molecule has 0 amide bonds. The molecule has 426 valence electrons. The summed E-state index contributed by atoms with van der Waals surface area (Å²) in [4.78, 5) is 38.2. The molecule has 0 aliphatic carbocycles. The Morgan fingerprint density at radius 2 is 0.494 bits per heavy atom. The molecular formula is C71H106O6. The smallest absolute Gasteiger partial charge is 0.306 e. The zero-order chi connectivity index (χ0) is 55.7. The lowest BCUT2D eigenvalue weighted by Crippen LogP contribution is -2.30. The van der Waals surface area contributed by atoms with Crippen LogP contribution in [0.2, 0.25) is 0 Å². The molecular weight excluding hydrogens is 949 g/mol. The monoisotopic (exact) mass is 1050 g/mol. The summed E-state index contributed by atoms with van der Waals surface area (Å²) in [5.74, 6) is -1.09. The lowest BCUT2D eigenvalue weighted by Gasteiger charge is -2.18. The second kappa shape index (κ2) is 62.8. The van der Waals surface area contributed by atoms with Crippen LogP contribution in [0.3, 0.4) is 0 Å². The molecule has 0 spiro atoms. The molecule has 0 aliphatic heterocycles. The summed E-state index contributed by atoms with van der Waals surface area (Å²) < 4.78 is 16.7. The molecule has 0 aliphatic rings. The molecule has 0 radical (unpaired) electrons. The lowest BCUT2D eigenvalue weighted by atomic mass is 10.1. The number of allylic oxidation sites excluding steroid dienone is 32. The van der Waals surface area contributed by atoms with Crippen LogP contribution in [0.25, 0.3) is 0 Å². The van der Waals surface area contributed by atoms with Crippen molar-refractivity contribution in [1.29, 1.82) is 0 Å². The van der Waals surface area contributed by atoms with E-state index in [9.17, 15) is 14.4 Å². The first-order chi connectivity index (χ1) is 38.0. The van der Waals surface area contributed by atoms with Gasteiger partial charge in [0, 0.05) is 19.3 Å². The van der Waals surface area contributed by atoms with Crippen LogP contribution in [-0.4, -0.2) is 37.2 Å². The van der Waals surface area contributed by atoms with E-state index in [4.69, 9.17) is 14.2 Å². The van der Waals surface area contributed by atoms with E-state index in [-0.39, 0.29) is 31.6 Å². The van der Waals surface area contributed by atoms with Crippen LogP contribution in [0.15, 0.2) is 194 Å². The van der Waals surface area contributed by atoms with Gasteiger partial charge in [0.05, 0.1) is 0 Å². The predicted octanol–water partition coefficient (Wildman–Crippen LogP) is 20.6. The van der Waals surface area contributed by atoms with Crippen molar-refractivity contribution in [1.82, 2.24) is 0 Å². The Kier molecular flexibility index (Phi) is 58.1. The fourth-order valence-electron chi connectivity index (χ4n) is 7.23. The number of hydrogen-bond donors (Lipinski definition) is 0. The topological polar surface area (TPSA) is 78.9 Å². The normalized spacial score (nSPS) is 13.5. The van der Waals surface area contributed by atoms with Gasteiger partial charge in [-0.15, -0.1) is 0 Å². The van der Waals surface area contributed by atoms with Gasteiger partial charge in [0.25, 0.3) is 0 Å². The molecule has 6 nitrogen and oxygen atoms in total. The summed E-state index contributed by atoms with van der Waals surface area (Å²) in [7, 11) is 0. The number of hydrogen-bond acceptors (Lipinski definition) is 6. The Bertz CT molecular complexity index is 1880. The van der Waals surface area contributed by atoms with E-state index in [1.165, 1.54) is 0 Å². The van der Waals surface area contributed by atoms with E-state index in [0.717, 1.165) is 167 Å². The molecule has 0 aromatic heterocycles. The Labute approximate surface area is 471 Å². The van der Waals surface area contributed by atoms with Crippen LogP contribution in [0.4, 0.5) is 0 Å².